The maximum absolute atomic E-state index is 11.7. The molecule has 6 aliphatic rings. The minimum absolute atomic E-state index is 0. The van der Waals surface area contributed by atoms with E-state index in [2.05, 4.69) is 25.4 Å². The van der Waals surface area contributed by atoms with Gasteiger partial charge < -0.3 is 9.47 Å². The van der Waals surface area contributed by atoms with Crippen LogP contribution in [0.15, 0.2) is 12.4 Å². The molecule has 6 saturated carbocycles. The molecule has 2 aromatic heterocycles. The van der Waals surface area contributed by atoms with E-state index in [-0.39, 0.29) is 35.4 Å². The van der Waals surface area contributed by atoms with Crippen LogP contribution < -0.4 is 0 Å². The van der Waals surface area contributed by atoms with Crippen molar-refractivity contribution in [2.75, 3.05) is 34.5 Å². The Hall–Kier alpha value is -2.57. The van der Waals surface area contributed by atoms with Crippen LogP contribution in [-0.4, -0.2) is 81.4 Å². The first-order chi connectivity index (χ1) is 16.8. The molecule has 0 unspecified atom stereocenters. The molecule has 36 heavy (non-hydrogen) atoms. The number of ether oxygens (including phenoxy) is 2. The van der Waals surface area contributed by atoms with Gasteiger partial charge in [0.1, 0.15) is 0 Å². The molecular formula is C23H36ClN7O5. The molecule has 0 atom stereocenters. The SMILES string of the molecule is CCOC.CCOC(=O)c1cn(C23CC(C2)C3)nn1.CON(C)C(=O)c1cn(C23CC(C2)C3)nn1.Cl. The van der Waals surface area contributed by atoms with Crippen molar-refractivity contribution in [3.63, 3.8) is 0 Å². The number of hydroxylamine groups is 2. The molecule has 0 radical (unpaired) electrons. The largest absolute Gasteiger partial charge is 0.461 e. The Morgan fingerprint density at radius 2 is 1.36 bits per heavy atom. The lowest BCUT2D eigenvalue weighted by atomic mass is 9.50. The van der Waals surface area contributed by atoms with Gasteiger partial charge in [-0.2, -0.15) is 0 Å². The fourth-order valence-corrected chi connectivity index (χ4v) is 5.06. The predicted octanol–water partition coefficient (Wildman–Crippen LogP) is 2.46. The van der Waals surface area contributed by atoms with Crippen molar-refractivity contribution in [1.29, 1.82) is 0 Å². The third-order valence-corrected chi connectivity index (χ3v) is 7.52. The van der Waals surface area contributed by atoms with Gasteiger partial charge in [-0.25, -0.2) is 19.2 Å². The smallest absolute Gasteiger partial charge is 0.360 e. The van der Waals surface area contributed by atoms with Gasteiger partial charge in [0, 0.05) is 20.8 Å². The second-order valence-electron chi connectivity index (χ2n) is 9.79. The first-order valence-electron chi connectivity index (χ1n) is 12.1. The van der Waals surface area contributed by atoms with Crippen LogP contribution in [0, 0.1) is 11.8 Å². The summed E-state index contributed by atoms with van der Waals surface area (Å²) in [6, 6.07) is 0. The minimum atomic E-state index is -0.379. The van der Waals surface area contributed by atoms with Crippen LogP contribution in [-0.2, 0) is 25.4 Å². The summed E-state index contributed by atoms with van der Waals surface area (Å²) in [5.41, 5.74) is 1.04. The highest BCUT2D eigenvalue weighted by atomic mass is 35.5. The molecule has 0 aliphatic heterocycles. The first-order valence-corrected chi connectivity index (χ1v) is 12.1. The number of esters is 1. The van der Waals surface area contributed by atoms with E-state index in [4.69, 9.17) is 9.57 Å². The Balaban J connectivity index is 0.000000171. The molecule has 0 spiro atoms. The van der Waals surface area contributed by atoms with Gasteiger partial charge in [-0.05, 0) is 64.2 Å². The molecule has 12 nitrogen and oxygen atoms in total. The average Bonchev–Trinajstić information content (AvgIpc) is 3.40. The number of nitrogens with zero attached hydrogens (tertiary/aromatic N) is 7. The van der Waals surface area contributed by atoms with Crippen LogP contribution >= 0.6 is 12.4 Å². The Kier molecular flexibility index (Phi) is 8.73. The van der Waals surface area contributed by atoms with Crippen molar-refractivity contribution < 1.29 is 23.9 Å². The van der Waals surface area contributed by atoms with Gasteiger partial charge in [0.25, 0.3) is 5.91 Å². The molecule has 0 saturated heterocycles. The number of hydrogen-bond donors (Lipinski definition) is 0. The third kappa shape index (κ3) is 5.12. The maximum atomic E-state index is 11.7. The number of hydrogen-bond acceptors (Lipinski definition) is 9. The van der Waals surface area contributed by atoms with E-state index in [1.807, 2.05) is 16.3 Å². The van der Waals surface area contributed by atoms with E-state index < -0.39 is 0 Å². The van der Waals surface area contributed by atoms with Gasteiger partial charge in [-0.1, -0.05) is 10.4 Å². The molecule has 13 heteroatoms. The van der Waals surface area contributed by atoms with Crippen molar-refractivity contribution in [1.82, 2.24) is 35.1 Å². The van der Waals surface area contributed by atoms with Crippen LogP contribution in [0.5, 0.6) is 0 Å². The molecule has 1 amide bonds. The second kappa shape index (κ2) is 11.2. The molecule has 4 bridgehead atoms. The zero-order valence-corrected chi connectivity index (χ0v) is 22.4. The predicted molar refractivity (Wildman–Crippen MR) is 131 cm³/mol. The summed E-state index contributed by atoms with van der Waals surface area (Å²) in [6.45, 7) is 4.93. The monoisotopic (exact) mass is 525 g/mol. The van der Waals surface area contributed by atoms with Crippen LogP contribution in [0.2, 0.25) is 0 Å². The lowest BCUT2D eigenvalue weighted by molar-refractivity contribution is -0.0990. The summed E-state index contributed by atoms with van der Waals surface area (Å²) < 4.78 is 13.1. The fourth-order valence-electron chi connectivity index (χ4n) is 5.06. The van der Waals surface area contributed by atoms with Crippen molar-refractivity contribution in [3.05, 3.63) is 23.8 Å². The molecule has 2 aromatic rings. The number of carbonyl (C=O) groups is 2. The summed E-state index contributed by atoms with van der Waals surface area (Å²) >= 11 is 0. The normalized spacial score (nSPS) is 27.6. The average molecular weight is 526 g/mol. The second-order valence-corrected chi connectivity index (χ2v) is 9.79. The lowest BCUT2D eigenvalue weighted by Gasteiger charge is -2.61. The highest BCUT2D eigenvalue weighted by molar-refractivity contribution is 5.91. The van der Waals surface area contributed by atoms with Crippen LogP contribution in [0.1, 0.15) is 73.3 Å². The quantitative estimate of drug-likeness (QED) is 0.395. The maximum Gasteiger partial charge on any atom is 0.360 e. The molecule has 8 rings (SSSR count). The molecule has 2 heterocycles. The number of halogens is 1. The van der Waals surface area contributed by atoms with Crippen LogP contribution in [0.3, 0.4) is 0 Å². The van der Waals surface area contributed by atoms with Gasteiger partial charge in [-0.15, -0.1) is 22.6 Å². The zero-order valence-electron chi connectivity index (χ0n) is 21.5. The zero-order chi connectivity index (χ0) is 25.2. The standard InChI is InChI=1S/C10H14N4O2.C10H13N3O2.C3H8O.ClH/c1-13(16-2)9(15)8-6-14(12-11-8)10-3-7(4-10)5-10;1-2-15-9(14)8-6-13(12-11-8)10-3-7(4-10)5-10;1-3-4-2;/h6-7H,3-5H2,1-2H3;6-7H,2-5H2,1H3;3H2,1-2H3;1H. The lowest BCUT2D eigenvalue weighted by Crippen LogP contribution is -2.59. The summed E-state index contributed by atoms with van der Waals surface area (Å²) in [7, 11) is 4.69. The molecule has 6 aliphatic carbocycles. The summed E-state index contributed by atoms with van der Waals surface area (Å²) in [5, 5.41) is 17.0. The topological polar surface area (TPSA) is 126 Å². The van der Waals surface area contributed by atoms with Crippen molar-refractivity contribution in [2.24, 2.45) is 11.8 Å². The van der Waals surface area contributed by atoms with Gasteiger partial charge in [0.2, 0.25) is 0 Å². The summed E-state index contributed by atoms with van der Waals surface area (Å²) in [5.74, 6) is 1.13. The highest BCUT2D eigenvalue weighted by Crippen LogP contribution is 2.62. The number of aromatic nitrogens is 6. The Morgan fingerprint density at radius 1 is 0.917 bits per heavy atom. The van der Waals surface area contributed by atoms with Crippen molar-refractivity contribution >= 4 is 24.3 Å². The van der Waals surface area contributed by atoms with Gasteiger partial charge in [-0.3, -0.25) is 9.63 Å². The minimum Gasteiger partial charge on any atom is -0.461 e. The molecular weight excluding hydrogens is 490 g/mol. The van der Waals surface area contributed by atoms with E-state index in [0.29, 0.717) is 18.0 Å². The Morgan fingerprint density at radius 3 is 1.72 bits per heavy atom. The van der Waals surface area contributed by atoms with E-state index in [9.17, 15) is 9.59 Å². The Bertz CT molecular complexity index is 1020. The fraction of sp³-hybridized carbons (Fsp3) is 0.739. The first kappa shape index (κ1) is 28.0. The van der Waals surface area contributed by atoms with Gasteiger partial charge in [0.15, 0.2) is 11.4 Å². The van der Waals surface area contributed by atoms with Gasteiger partial charge in [0.05, 0.1) is 37.2 Å². The molecule has 0 N–H and O–H groups in total. The van der Waals surface area contributed by atoms with Crippen LogP contribution in [0.25, 0.3) is 0 Å². The summed E-state index contributed by atoms with van der Waals surface area (Å²) in [6.07, 6.45) is 10.6. The van der Waals surface area contributed by atoms with E-state index in [1.165, 1.54) is 45.6 Å². The number of rotatable bonds is 7. The van der Waals surface area contributed by atoms with E-state index in [1.54, 1.807) is 33.5 Å². The van der Waals surface area contributed by atoms with Crippen molar-refractivity contribution in [3.8, 4) is 0 Å². The number of carbonyl (C=O) groups excluding carboxylic acids is 2. The van der Waals surface area contributed by atoms with Gasteiger partial charge >= 0.3 is 5.97 Å². The van der Waals surface area contributed by atoms with E-state index in [0.717, 1.165) is 23.5 Å². The number of methoxy groups -OCH3 is 1. The highest BCUT2D eigenvalue weighted by Gasteiger charge is 2.59. The van der Waals surface area contributed by atoms with Crippen molar-refractivity contribution in [2.45, 2.75) is 63.5 Å². The third-order valence-electron chi connectivity index (χ3n) is 7.52. The summed E-state index contributed by atoms with van der Waals surface area (Å²) in [4.78, 5) is 27.9. The molecule has 200 valence electrons. The number of amides is 1. The Labute approximate surface area is 217 Å². The van der Waals surface area contributed by atoms with E-state index >= 15 is 0 Å². The molecule has 6 fully saturated rings. The molecule has 0 aromatic carbocycles. The van der Waals surface area contributed by atoms with Crippen LogP contribution in [0.4, 0.5) is 0 Å².